The second kappa shape index (κ2) is 9.94. The molecule has 18 heavy (non-hydrogen) atoms. The lowest BCUT2D eigenvalue weighted by atomic mass is 10.1. The van der Waals surface area contributed by atoms with E-state index in [0.717, 1.165) is 0 Å². The van der Waals surface area contributed by atoms with Crippen LogP contribution in [0.15, 0.2) is 18.5 Å². The van der Waals surface area contributed by atoms with E-state index in [-0.39, 0.29) is 36.6 Å². The first kappa shape index (κ1) is 19.3. The van der Waals surface area contributed by atoms with Crippen LogP contribution in [0, 0.1) is 5.92 Å². The first-order valence-electron chi connectivity index (χ1n) is 5.12. The van der Waals surface area contributed by atoms with E-state index in [2.05, 4.69) is 15.6 Å². The second-order valence-corrected chi connectivity index (χ2v) is 3.52. The molecule has 2 N–H and O–H groups in total. The highest BCUT2D eigenvalue weighted by Crippen LogP contribution is 2.22. The monoisotopic (exact) mass is 295 g/mol. The third kappa shape index (κ3) is 5.53. The van der Waals surface area contributed by atoms with Gasteiger partial charge in [-0.3, -0.25) is 9.78 Å². The Bertz CT molecular complexity index is 364. The third-order valence-electron chi connectivity index (χ3n) is 2.22. The van der Waals surface area contributed by atoms with Gasteiger partial charge in [-0.15, -0.1) is 24.8 Å². The number of amides is 1. The lowest BCUT2D eigenvalue weighted by Gasteiger charge is -2.13. The van der Waals surface area contributed by atoms with Gasteiger partial charge in [0.25, 0.3) is 0 Å². The zero-order valence-corrected chi connectivity index (χ0v) is 12.2. The molecule has 0 aliphatic heterocycles. The summed E-state index contributed by atoms with van der Waals surface area (Å²) in [6.07, 6.45) is 3.19. The summed E-state index contributed by atoms with van der Waals surface area (Å²) in [5.74, 6) is 0.454. The van der Waals surface area contributed by atoms with Crippen molar-refractivity contribution in [1.82, 2.24) is 10.3 Å². The average molecular weight is 296 g/mol. The van der Waals surface area contributed by atoms with Gasteiger partial charge in [-0.2, -0.15) is 0 Å². The van der Waals surface area contributed by atoms with E-state index in [0.29, 0.717) is 18.0 Å². The molecule has 1 aromatic heterocycles. The molecule has 0 spiro atoms. The summed E-state index contributed by atoms with van der Waals surface area (Å²) in [7, 11) is 3.37. The van der Waals surface area contributed by atoms with Crippen molar-refractivity contribution >= 4 is 36.4 Å². The van der Waals surface area contributed by atoms with Crippen LogP contribution in [0.1, 0.15) is 6.92 Å². The summed E-state index contributed by atoms with van der Waals surface area (Å²) in [4.78, 5) is 15.7. The molecule has 0 aromatic carbocycles. The first-order chi connectivity index (χ1) is 7.69. The van der Waals surface area contributed by atoms with Crippen molar-refractivity contribution < 1.29 is 9.53 Å². The molecule has 0 fully saturated rings. The maximum Gasteiger partial charge on any atom is 0.228 e. The van der Waals surface area contributed by atoms with Crippen LogP contribution >= 0.6 is 24.8 Å². The van der Waals surface area contributed by atoms with Gasteiger partial charge >= 0.3 is 0 Å². The minimum Gasteiger partial charge on any atom is -0.494 e. The number of hydrogen-bond acceptors (Lipinski definition) is 4. The molecule has 1 amide bonds. The van der Waals surface area contributed by atoms with Crippen molar-refractivity contribution in [3.05, 3.63) is 18.5 Å². The number of carbonyl (C=O) groups is 1. The number of pyridine rings is 1. The van der Waals surface area contributed by atoms with Crippen molar-refractivity contribution in [3.8, 4) is 5.75 Å². The van der Waals surface area contributed by atoms with Crippen LogP contribution in [0.25, 0.3) is 0 Å². The molecule has 0 radical (unpaired) electrons. The van der Waals surface area contributed by atoms with Crippen LogP contribution in [0.5, 0.6) is 5.75 Å². The smallest absolute Gasteiger partial charge is 0.228 e. The fourth-order valence-electron chi connectivity index (χ4n) is 1.31. The molecule has 7 heteroatoms. The van der Waals surface area contributed by atoms with Crippen molar-refractivity contribution in [2.24, 2.45) is 5.92 Å². The molecule has 1 rings (SSSR count). The molecule has 0 saturated carbocycles. The van der Waals surface area contributed by atoms with E-state index in [1.165, 1.54) is 0 Å². The number of anilines is 1. The second-order valence-electron chi connectivity index (χ2n) is 3.52. The lowest BCUT2D eigenvalue weighted by Crippen LogP contribution is -2.28. The standard InChI is InChI=1S/C11H17N3O2.2ClH/c1-8(6-12-2)11(15)14-9-7-13-5-4-10(9)16-3;;/h4-5,7-8,12H,6H2,1-3H3,(H,14,15);2*1H. The molecule has 104 valence electrons. The molecule has 1 heterocycles. The van der Waals surface area contributed by atoms with E-state index >= 15 is 0 Å². The Labute approximate surface area is 120 Å². The number of rotatable bonds is 5. The number of halogens is 2. The van der Waals surface area contributed by atoms with Crippen molar-refractivity contribution in [1.29, 1.82) is 0 Å². The van der Waals surface area contributed by atoms with Gasteiger partial charge in [0.2, 0.25) is 5.91 Å². The Morgan fingerprint density at radius 1 is 1.50 bits per heavy atom. The van der Waals surface area contributed by atoms with Crippen molar-refractivity contribution in [2.45, 2.75) is 6.92 Å². The van der Waals surface area contributed by atoms with Gasteiger partial charge in [0, 0.05) is 24.7 Å². The predicted octanol–water partition coefficient (Wildman–Crippen LogP) is 1.73. The van der Waals surface area contributed by atoms with Crippen LogP contribution in [0.2, 0.25) is 0 Å². The topological polar surface area (TPSA) is 63.2 Å². The van der Waals surface area contributed by atoms with E-state index in [4.69, 9.17) is 4.74 Å². The molecule has 5 nitrogen and oxygen atoms in total. The quantitative estimate of drug-likeness (QED) is 0.868. The summed E-state index contributed by atoms with van der Waals surface area (Å²) in [6.45, 7) is 2.49. The van der Waals surface area contributed by atoms with E-state index in [1.807, 2.05) is 14.0 Å². The van der Waals surface area contributed by atoms with E-state index < -0.39 is 0 Å². The van der Waals surface area contributed by atoms with Crippen LogP contribution in [-0.2, 0) is 4.79 Å². The lowest BCUT2D eigenvalue weighted by molar-refractivity contribution is -0.119. The van der Waals surface area contributed by atoms with Crippen molar-refractivity contribution in [2.75, 3.05) is 26.0 Å². The van der Waals surface area contributed by atoms with Gasteiger partial charge in [-0.1, -0.05) is 6.92 Å². The third-order valence-corrected chi connectivity index (χ3v) is 2.22. The van der Waals surface area contributed by atoms with Crippen LogP contribution in [0.4, 0.5) is 5.69 Å². The molecule has 1 unspecified atom stereocenters. The minimum absolute atomic E-state index is 0. The Balaban J connectivity index is 0. The predicted molar refractivity (Wildman–Crippen MR) is 77.0 cm³/mol. The highest BCUT2D eigenvalue weighted by molar-refractivity contribution is 5.93. The minimum atomic E-state index is -0.102. The number of ether oxygens (including phenoxy) is 1. The van der Waals surface area contributed by atoms with Gasteiger partial charge in [0.05, 0.1) is 13.3 Å². The summed E-state index contributed by atoms with van der Waals surface area (Å²) in [5.41, 5.74) is 0.595. The van der Waals surface area contributed by atoms with E-state index in [9.17, 15) is 4.79 Å². The maximum absolute atomic E-state index is 11.7. The number of nitrogens with one attached hydrogen (secondary N) is 2. The van der Waals surface area contributed by atoms with Gasteiger partial charge in [-0.05, 0) is 7.05 Å². The van der Waals surface area contributed by atoms with E-state index in [1.54, 1.807) is 25.6 Å². The average Bonchev–Trinajstić information content (AvgIpc) is 2.30. The molecular formula is C11H19Cl2N3O2. The molecule has 0 aliphatic rings. The summed E-state index contributed by atoms with van der Waals surface area (Å²) in [5, 5.41) is 5.73. The highest BCUT2D eigenvalue weighted by atomic mass is 35.5. The van der Waals surface area contributed by atoms with Crippen LogP contribution < -0.4 is 15.4 Å². The van der Waals surface area contributed by atoms with Gasteiger partial charge in [0.15, 0.2) is 0 Å². The normalized spacial score (nSPS) is 10.6. The molecule has 0 bridgehead atoms. The zero-order chi connectivity index (χ0) is 12.0. The molecule has 0 aliphatic carbocycles. The summed E-state index contributed by atoms with van der Waals surface area (Å²) >= 11 is 0. The van der Waals surface area contributed by atoms with Crippen molar-refractivity contribution in [3.63, 3.8) is 0 Å². The maximum atomic E-state index is 11.7. The van der Waals surface area contributed by atoms with Crippen LogP contribution in [0.3, 0.4) is 0 Å². The van der Waals surface area contributed by atoms with Crippen LogP contribution in [-0.4, -0.2) is 31.6 Å². The van der Waals surface area contributed by atoms with Gasteiger partial charge in [0.1, 0.15) is 11.4 Å². The molecule has 1 aromatic rings. The number of methoxy groups -OCH3 is 1. The summed E-state index contributed by atoms with van der Waals surface area (Å²) in [6, 6.07) is 1.71. The molecule has 0 saturated heterocycles. The largest absolute Gasteiger partial charge is 0.494 e. The number of aromatic nitrogens is 1. The number of hydrogen-bond donors (Lipinski definition) is 2. The SMILES string of the molecule is CNCC(C)C(=O)Nc1cnccc1OC.Cl.Cl. The Kier molecular flexibility index (Phi) is 10.7. The van der Waals surface area contributed by atoms with Gasteiger partial charge in [-0.25, -0.2) is 0 Å². The Hall–Kier alpha value is -1.04. The first-order valence-corrected chi connectivity index (χ1v) is 5.12. The Morgan fingerprint density at radius 2 is 2.17 bits per heavy atom. The zero-order valence-electron chi connectivity index (χ0n) is 10.6. The molecule has 1 atom stereocenters. The highest BCUT2D eigenvalue weighted by Gasteiger charge is 2.13. The number of nitrogens with zero attached hydrogens (tertiary/aromatic N) is 1. The Morgan fingerprint density at radius 3 is 2.72 bits per heavy atom. The fraction of sp³-hybridized carbons (Fsp3) is 0.455. The molecular weight excluding hydrogens is 277 g/mol. The fourth-order valence-corrected chi connectivity index (χ4v) is 1.31. The summed E-state index contributed by atoms with van der Waals surface area (Å²) < 4.78 is 5.12. The number of carbonyl (C=O) groups excluding carboxylic acids is 1. The van der Waals surface area contributed by atoms with Gasteiger partial charge < -0.3 is 15.4 Å².